The molecule has 0 aliphatic heterocycles. The highest BCUT2D eigenvalue weighted by molar-refractivity contribution is 7.80. The number of aromatic amines is 1. The largest absolute Gasteiger partial charge is 0.480 e. The molecule has 0 aliphatic rings. The van der Waals surface area contributed by atoms with Crippen LogP contribution < -0.4 is 33.2 Å². The van der Waals surface area contributed by atoms with Gasteiger partial charge in [0.15, 0.2) is 5.96 Å². The van der Waals surface area contributed by atoms with Crippen LogP contribution in [0.4, 0.5) is 0 Å². The van der Waals surface area contributed by atoms with E-state index in [1.807, 2.05) is 13.8 Å². The minimum Gasteiger partial charge on any atom is -0.480 e. The van der Waals surface area contributed by atoms with Crippen molar-refractivity contribution in [3.8, 4) is 0 Å². The van der Waals surface area contributed by atoms with Crippen LogP contribution in [0, 0.1) is 5.92 Å². The van der Waals surface area contributed by atoms with Crippen molar-refractivity contribution in [2.75, 3.05) is 12.3 Å². The number of carbonyl (C=O) groups excluding carboxylic acids is 3. The number of rotatable bonds is 16. The molecular formula is C21H37N9O5S. The Hall–Kier alpha value is -3.33. The van der Waals surface area contributed by atoms with Gasteiger partial charge in [-0.1, -0.05) is 20.3 Å². The van der Waals surface area contributed by atoms with Crippen LogP contribution in [0.3, 0.4) is 0 Å². The van der Waals surface area contributed by atoms with E-state index in [0.717, 1.165) is 0 Å². The second kappa shape index (κ2) is 15.6. The molecular weight excluding hydrogens is 490 g/mol. The van der Waals surface area contributed by atoms with E-state index in [-0.39, 0.29) is 37.0 Å². The van der Waals surface area contributed by atoms with Gasteiger partial charge in [-0.3, -0.25) is 19.4 Å². The molecule has 0 saturated heterocycles. The minimum atomic E-state index is -1.27. The molecule has 11 N–H and O–H groups in total. The molecule has 0 fully saturated rings. The summed E-state index contributed by atoms with van der Waals surface area (Å²) in [5.74, 6) is -3.45. The summed E-state index contributed by atoms with van der Waals surface area (Å²) in [5.41, 5.74) is 17.1. The lowest BCUT2D eigenvalue weighted by Crippen LogP contribution is -2.58. The molecule has 36 heavy (non-hydrogen) atoms. The number of nitrogens with zero attached hydrogens (tertiary/aromatic N) is 2. The molecule has 0 aliphatic carbocycles. The third-order valence-corrected chi connectivity index (χ3v) is 5.91. The first-order valence-electron chi connectivity index (χ1n) is 11.5. The number of aromatic nitrogens is 2. The van der Waals surface area contributed by atoms with E-state index in [2.05, 4.69) is 43.5 Å². The summed E-state index contributed by atoms with van der Waals surface area (Å²) in [5, 5.41) is 17.1. The number of hydrogen-bond donors (Lipinski definition) is 9. The Bertz CT molecular complexity index is 892. The van der Waals surface area contributed by atoms with E-state index in [4.69, 9.17) is 17.2 Å². The molecule has 1 rings (SSSR count). The number of thiol groups is 1. The molecule has 0 aromatic carbocycles. The molecule has 5 unspecified atom stereocenters. The highest BCUT2D eigenvalue weighted by atomic mass is 32.1. The Morgan fingerprint density at radius 2 is 1.72 bits per heavy atom. The third kappa shape index (κ3) is 10.5. The summed E-state index contributed by atoms with van der Waals surface area (Å²) in [6.07, 6.45) is 3.88. The molecule has 0 bridgehead atoms. The van der Waals surface area contributed by atoms with Crippen molar-refractivity contribution >= 4 is 42.3 Å². The van der Waals surface area contributed by atoms with Crippen LogP contribution in [0.5, 0.6) is 0 Å². The predicted molar refractivity (Wildman–Crippen MR) is 137 cm³/mol. The molecule has 1 aromatic heterocycles. The zero-order valence-corrected chi connectivity index (χ0v) is 21.3. The van der Waals surface area contributed by atoms with Gasteiger partial charge in [0.05, 0.1) is 12.4 Å². The number of amides is 3. The Balaban J connectivity index is 2.95. The number of nitrogens with one attached hydrogen (secondary N) is 4. The molecule has 1 heterocycles. The van der Waals surface area contributed by atoms with Crippen molar-refractivity contribution in [3.05, 3.63) is 18.2 Å². The highest BCUT2D eigenvalue weighted by Gasteiger charge is 2.30. The van der Waals surface area contributed by atoms with Gasteiger partial charge in [-0.25, -0.2) is 9.78 Å². The maximum Gasteiger partial charge on any atom is 0.326 e. The lowest BCUT2D eigenvalue weighted by atomic mass is 9.99. The fourth-order valence-electron chi connectivity index (χ4n) is 3.11. The Labute approximate surface area is 215 Å². The van der Waals surface area contributed by atoms with E-state index in [9.17, 15) is 24.3 Å². The lowest BCUT2D eigenvalue weighted by Gasteiger charge is -2.25. The number of H-pyrrole nitrogens is 1. The van der Waals surface area contributed by atoms with Gasteiger partial charge in [-0.2, -0.15) is 12.6 Å². The molecule has 14 nitrogen and oxygen atoms in total. The first-order valence-corrected chi connectivity index (χ1v) is 12.2. The van der Waals surface area contributed by atoms with Crippen LogP contribution in [-0.4, -0.2) is 81.2 Å². The zero-order chi connectivity index (χ0) is 27.3. The van der Waals surface area contributed by atoms with Crippen molar-refractivity contribution in [1.82, 2.24) is 25.9 Å². The first-order chi connectivity index (χ1) is 17.0. The van der Waals surface area contributed by atoms with Gasteiger partial charge in [0.1, 0.15) is 18.1 Å². The van der Waals surface area contributed by atoms with E-state index in [1.54, 1.807) is 0 Å². The fraction of sp³-hybridized carbons (Fsp3) is 0.619. The topological polar surface area (TPSA) is 244 Å². The molecule has 5 atom stereocenters. The number of carboxylic acid groups (broad SMARTS) is 1. The summed E-state index contributed by atoms with van der Waals surface area (Å²) in [7, 11) is 0. The number of nitrogens with two attached hydrogens (primary N) is 3. The smallest absolute Gasteiger partial charge is 0.326 e. The van der Waals surface area contributed by atoms with Crippen LogP contribution in [0.2, 0.25) is 0 Å². The van der Waals surface area contributed by atoms with Gasteiger partial charge in [-0.15, -0.1) is 0 Å². The van der Waals surface area contributed by atoms with E-state index in [1.165, 1.54) is 12.5 Å². The minimum absolute atomic E-state index is 0.0431. The average molecular weight is 528 g/mol. The molecule has 3 amide bonds. The van der Waals surface area contributed by atoms with Gasteiger partial charge in [0.2, 0.25) is 17.7 Å². The molecule has 0 radical (unpaired) electrons. The monoisotopic (exact) mass is 527 g/mol. The quantitative estimate of drug-likeness (QED) is 0.0491. The number of hydrogen-bond acceptors (Lipinski definition) is 8. The first kappa shape index (κ1) is 30.7. The number of aliphatic imine (C=N–C) groups is 1. The van der Waals surface area contributed by atoms with E-state index < -0.39 is 47.9 Å². The Morgan fingerprint density at radius 1 is 1.11 bits per heavy atom. The van der Waals surface area contributed by atoms with Crippen molar-refractivity contribution in [2.24, 2.45) is 28.1 Å². The van der Waals surface area contributed by atoms with Crippen molar-refractivity contribution in [2.45, 2.75) is 63.7 Å². The summed E-state index contributed by atoms with van der Waals surface area (Å²) in [4.78, 5) is 60.5. The van der Waals surface area contributed by atoms with Crippen LogP contribution in [0.15, 0.2) is 17.5 Å². The number of guanidine groups is 1. The second-order valence-corrected chi connectivity index (χ2v) is 8.71. The molecule has 0 saturated carbocycles. The van der Waals surface area contributed by atoms with Crippen molar-refractivity contribution < 1.29 is 24.3 Å². The van der Waals surface area contributed by atoms with E-state index in [0.29, 0.717) is 18.5 Å². The molecule has 202 valence electrons. The molecule has 0 spiro atoms. The van der Waals surface area contributed by atoms with Gasteiger partial charge in [-0.05, 0) is 18.8 Å². The lowest BCUT2D eigenvalue weighted by molar-refractivity contribution is -0.142. The van der Waals surface area contributed by atoms with Crippen molar-refractivity contribution in [1.29, 1.82) is 0 Å². The standard InChI is InChI=1S/C21H37N9O5S/c1-3-11(2)16(22)19(33)30-15(9-36)18(32)28-13(5-4-6-26-21(23)24)17(31)29-14(20(34)35)7-12-8-25-10-27-12/h8,10-11,13-16,36H,3-7,9,22H2,1-2H3,(H,25,27)(H,28,32)(H,29,31)(H,30,33)(H,34,35)(H4,23,24,26). The van der Waals surface area contributed by atoms with Gasteiger partial charge < -0.3 is 43.2 Å². The van der Waals surface area contributed by atoms with Gasteiger partial charge in [0, 0.05) is 30.6 Å². The fourth-order valence-corrected chi connectivity index (χ4v) is 3.36. The van der Waals surface area contributed by atoms with Crippen LogP contribution in [0.1, 0.15) is 38.8 Å². The normalized spacial score (nSPS) is 15.0. The summed E-state index contributed by atoms with van der Waals surface area (Å²) < 4.78 is 0. The second-order valence-electron chi connectivity index (χ2n) is 8.35. The SMILES string of the molecule is CCC(C)C(N)C(=O)NC(CS)C(=O)NC(CCCN=C(N)N)C(=O)NC(Cc1cnc[nH]1)C(=O)O. The summed E-state index contributed by atoms with van der Waals surface area (Å²) >= 11 is 4.14. The molecule has 15 heteroatoms. The van der Waals surface area contributed by atoms with E-state index >= 15 is 0 Å². The Morgan fingerprint density at radius 3 is 2.25 bits per heavy atom. The maximum atomic E-state index is 13.0. The molecule has 1 aromatic rings. The number of imidazole rings is 1. The van der Waals surface area contributed by atoms with Gasteiger partial charge >= 0.3 is 5.97 Å². The number of carboxylic acids is 1. The third-order valence-electron chi connectivity index (χ3n) is 5.55. The number of carbonyl (C=O) groups is 4. The average Bonchev–Trinajstić information content (AvgIpc) is 3.35. The van der Waals surface area contributed by atoms with Crippen molar-refractivity contribution in [3.63, 3.8) is 0 Å². The summed E-state index contributed by atoms with van der Waals surface area (Å²) in [6, 6.07) is -4.28. The summed E-state index contributed by atoms with van der Waals surface area (Å²) in [6.45, 7) is 3.90. The van der Waals surface area contributed by atoms with Gasteiger partial charge in [0.25, 0.3) is 0 Å². The zero-order valence-electron chi connectivity index (χ0n) is 20.4. The predicted octanol–water partition coefficient (Wildman–Crippen LogP) is -2.15. The number of aliphatic carboxylic acids is 1. The highest BCUT2D eigenvalue weighted by Crippen LogP contribution is 2.07. The van der Waals surface area contributed by atoms with Crippen LogP contribution in [-0.2, 0) is 25.6 Å². The van der Waals surface area contributed by atoms with Crippen LogP contribution >= 0.6 is 12.6 Å². The van der Waals surface area contributed by atoms with Crippen LogP contribution in [0.25, 0.3) is 0 Å². The maximum absolute atomic E-state index is 13.0. The Kier molecular flexibility index (Phi) is 13.3.